The first-order chi connectivity index (χ1) is 12.1. The Hall–Kier alpha value is -2.80. The normalized spacial score (nSPS) is 17.4. The fourth-order valence-corrected chi connectivity index (χ4v) is 3.08. The van der Waals surface area contributed by atoms with E-state index in [-0.39, 0.29) is 18.0 Å². The third kappa shape index (κ3) is 4.60. The van der Waals surface area contributed by atoms with Crippen LogP contribution in [0, 0.1) is 0 Å². The number of nitrogens with two attached hydrogens (primary N) is 1. The Kier molecular flexibility index (Phi) is 5.35. The Labute approximate surface area is 146 Å². The van der Waals surface area contributed by atoms with E-state index in [4.69, 9.17) is 10.2 Å². The molecule has 1 aromatic heterocycles. The summed E-state index contributed by atoms with van der Waals surface area (Å²) < 4.78 is 5.17. The Morgan fingerprint density at radius 3 is 2.92 bits per heavy atom. The third-order valence-corrected chi connectivity index (χ3v) is 4.27. The average Bonchev–Trinajstić information content (AvgIpc) is 3.24. The summed E-state index contributed by atoms with van der Waals surface area (Å²) in [6.07, 6.45) is 3.35. The Bertz CT molecular complexity index is 730. The van der Waals surface area contributed by atoms with Crippen molar-refractivity contribution < 1.29 is 14.0 Å². The van der Waals surface area contributed by atoms with Crippen molar-refractivity contribution in [2.24, 2.45) is 5.73 Å². The van der Waals surface area contributed by atoms with Gasteiger partial charge >= 0.3 is 6.03 Å². The molecule has 2 heterocycles. The number of amides is 3. The van der Waals surface area contributed by atoms with Crippen molar-refractivity contribution in [1.29, 1.82) is 0 Å². The van der Waals surface area contributed by atoms with E-state index in [0.717, 1.165) is 24.9 Å². The van der Waals surface area contributed by atoms with Gasteiger partial charge in [0.25, 0.3) is 0 Å². The van der Waals surface area contributed by atoms with Crippen LogP contribution in [0.5, 0.6) is 0 Å². The first-order valence-corrected chi connectivity index (χ1v) is 8.31. The molecule has 3 amide bonds. The van der Waals surface area contributed by atoms with Crippen LogP contribution in [0.2, 0.25) is 0 Å². The lowest BCUT2D eigenvalue weighted by Gasteiger charge is -2.22. The van der Waals surface area contributed by atoms with Gasteiger partial charge in [-0.05, 0) is 49.2 Å². The predicted molar refractivity (Wildman–Crippen MR) is 93.6 cm³/mol. The van der Waals surface area contributed by atoms with Crippen LogP contribution in [0.4, 0.5) is 10.5 Å². The summed E-state index contributed by atoms with van der Waals surface area (Å²) in [5.41, 5.74) is 7.18. The van der Waals surface area contributed by atoms with E-state index in [2.05, 4.69) is 15.5 Å². The number of carbonyl (C=O) groups is 2. The number of hydrogen-bond acceptors (Lipinski definition) is 4. The maximum absolute atomic E-state index is 12.0. The van der Waals surface area contributed by atoms with E-state index >= 15 is 0 Å². The second-order valence-electron chi connectivity index (χ2n) is 6.12. The number of furan rings is 1. The molecule has 1 unspecified atom stereocenters. The van der Waals surface area contributed by atoms with E-state index in [1.165, 1.54) is 0 Å². The smallest absolute Gasteiger partial charge is 0.319 e. The highest BCUT2D eigenvalue weighted by atomic mass is 16.3. The molecule has 1 atom stereocenters. The molecule has 1 aliphatic rings. The highest BCUT2D eigenvalue weighted by Gasteiger charge is 2.28. The van der Waals surface area contributed by atoms with E-state index in [9.17, 15) is 9.59 Å². The number of anilines is 1. The topological polar surface area (TPSA) is 101 Å². The van der Waals surface area contributed by atoms with Crippen molar-refractivity contribution in [3.05, 3.63) is 54.0 Å². The summed E-state index contributed by atoms with van der Waals surface area (Å²) in [4.78, 5) is 25.5. The van der Waals surface area contributed by atoms with Gasteiger partial charge in [0, 0.05) is 12.2 Å². The van der Waals surface area contributed by atoms with Gasteiger partial charge < -0.3 is 20.8 Å². The van der Waals surface area contributed by atoms with Crippen molar-refractivity contribution in [1.82, 2.24) is 10.2 Å². The lowest BCUT2D eigenvalue weighted by atomic mass is 10.1. The molecule has 4 N–H and O–H groups in total. The molecule has 2 aromatic rings. The first kappa shape index (κ1) is 17.0. The molecule has 0 spiro atoms. The Morgan fingerprint density at radius 2 is 2.16 bits per heavy atom. The fraction of sp³-hybridized carbons (Fsp3) is 0.333. The van der Waals surface area contributed by atoms with Gasteiger partial charge in [-0.3, -0.25) is 9.69 Å². The maximum atomic E-state index is 12.0. The zero-order valence-electron chi connectivity index (χ0n) is 13.9. The second-order valence-corrected chi connectivity index (χ2v) is 6.12. The van der Waals surface area contributed by atoms with E-state index in [1.54, 1.807) is 18.4 Å². The fourth-order valence-electron chi connectivity index (χ4n) is 3.08. The van der Waals surface area contributed by atoms with Gasteiger partial charge in [-0.2, -0.15) is 0 Å². The number of hydrogen-bond donors (Lipinski definition) is 3. The quantitative estimate of drug-likeness (QED) is 0.748. The molecule has 0 bridgehead atoms. The number of nitrogens with zero attached hydrogens (tertiary/aromatic N) is 1. The van der Waals surface area contributed by atoms with Crippen molar-refractivity contribution in [3.8, 4) is 0 Å². The van der Waals surface area contributed by atoms with Crippen LogP contribution < -0.4 is 16.4 Å². The molecular weight excluding hydrogens is 320 g/mol. The zero-order chi connectivity index (χ0) is 17.6. The van der Waals surface area contributed by atoms with Crippen LogP contribution in [0.25, 0.3) is 0 Å². The number of urea groups is 1. The number of primary amides is 1. The molecule has 0 radical (unpaired) electrons. The number of carbonyl (C=O) groups excluding carboxylic acids is 2. The molecular formula is C18H22N4O3. The number of benzene rings is 1. The average molecular weight is 342 g/mol. The van der Waals surface area contributed by atoms with Crippen LogP contribution in [0.1, 0.15) is 24.2 Å². The Morgan fingerprint density at radius 1 is 1.28 bits per heavy atom. The van der Waals surface area contributed by atoms with Crippen molar-refractivity contribution in [3.63, 3.8) is 0 Å². The molecule has 1 aromatic carbocycles. The first-order valence-electron chi connectivity index (χ1n) is 8.31. The van der Waals surface area contributed by atoms with Gasteiger partial charge in [-0.25, -0.2) is 4.79 Å². The van der Waals surface area contributed by atoms with Crippen LogP contribution >= 0.6 is 0 Å². The molecule has 1 saturated heterocycles. The highest BCUT2D eigenvalue weighted by Crippen LogP contribution is 2.21. The molecule has 7 heteroatoms. The van der Waals surface area contributed by atoms with E-state index in [0.29, 0.717) is 24.5 Å². The second kappa shape index (κ2) is 7.85. The monoisotopic (exact) mass is 342 g/mol. The minimum atomic E-state index is -0.301. The number of likely N-dealkylation sites (tertiary alicyclic amines) is 1. The van der Waals surface area contributed by atoms with Crippen LogP contribution in [0.3, 0.4) is 0 Å². The number of rotatable bonds is 6. The number of nitrogens with one attached hydrogen (secondary N) is 2. The molecule has 132 valence electrons. The molecule has 3 rings (SSSR count). The van der Waals surface area contributed by atoms with Crippen LogP contribution in [-0.2, 0) is 17.9 Å². The zero-order valence-corrected chi connectivity index (χ0v) is 13.9. The van der Waals surface area contributed by atoms with Gasteiger partial charge in [0.1, 0.15) is 5.76 Å². The minimum Gasteiger partial charge on any atom is -0.467 e. The van der Waals surface area contributed by atoms with Gasteiger partial charge in [0.15, 0.2) is 0 Å². The van der Waals surface area contributed by atoms with E-state index in [1.807, 2.05) is 24.3 Å². The van der Waals surface area contributed by atoms with Crippen LogP contribution in [0.15, 0.2) is 47.1 Å². The summed E-state index contributed by atoms with van der Waals surface area (Å²) in [5.74, 6) is 0.416. The van der Waals surface area contributed by atoms with Gasteiger partial charge in [-0.15, -0.1) is 0 Å². The summed E-state index contributed by atoms with van der Waals surface area (Å²) >= 11 is 0. The van der Waals surface area contributed by atoms with Crippen molar-refractivity contribution in [2.75, 3.05) is 11.9 Å². The third-order valence-electron chi connectivity index (χ3n) is 4.27. The summed E-state index contributed by atoms with van der Waals surface area (Å²) in [5, 5.41) is 5.53. The van der Waals surface area contributed by atoms with Gasteiger partial charge in [-0.1, -0.05) is 12.1 Å². The molecule has 1 fully saturated rings. The van der Waals surface area contributed by atoms with Crippen molar-refractivity contribution >= 4 is 17.6 Å². The highest BCUT2D eigenvalue weighted by molar-refractivity contribution is 5.89. The summed E-state index contributed by atoms with van der Waals surface area (Å²) in [7, 11) is 0. The molecule has 0 saturated carbocycles. The molecule has 1 aliphatic heterocycles. The summed E-state index contributed by atoms with van der Waals surface area (Å²) in [6, 6.07) is 10.7. The van der Waals surface area contributed by atoms with Gasteiger partial charge in [0.05, 0.1) is 18.8 Å². The molecule has 0 aliphatic carbocycles. The standard InChI is InChI=1S/C18H22N4O3/c19-17(23)16-7-2-8-22(16)12-13-4-1-5-14(10-13)21-18(24)20-11-15-6-3-9-25-15/h1,3-6,9-10,16H,2,7-8,11-12H2,(H2,19,23)(H2,20,21,24). The predicted octanol–water partition coefficient (Wildman–Crippen LogP) is 2.05. The van der Waals surface area contributed by atoms with Gasteiger partial charge in [0.2, 0.25) is 5.91 Å². The molecule has 7 nitrogen and oxygen atoms in total. The lowest BCUT2D eigenvalue weighted by Crippen LogP contribution is -2.39. The summed E-state index contributed by atoms with van der Waals surface area (Å²) in [6.45, 7) is 1.82. The largest absolute Gasteiger partial charge is 0.467 e. The van der Waals surface area contributed by atoms with Crippen molar-refractivity contribution in [2.45, 2.75) is 32.0 Å². The molecule has 25 heavy (non-hydrogen) atoms. The minimum absolute atomic E-state index is 0.201. The van der Waals surface area contributed by atoms with E-state index < -0.39 is 0 Å². The lowest BCUT2D eigenvalue weighted by molar-refractivity contribution is -0.122. The van der Waals surface area contributed by atoms with Crippen LogP contribution in [-0.4, -0.2) is 29.4 Å². The Balaban J connectivity index is 1.55. The SMILES string of the molecule is NC(=O)C1CCCN1Cc1cccc(NC(=O)NCc2ccco2)c1. The maximum Gasteiger partial charge on any atom is 0.319 e.